The van der Waals surface area contributed by atoms with E-state index in [1.54, 1.807) is 26.0 Å². The van der Waals surface area contributed by atoms with E-state index in [0.29, 0.717) is 6.42 Å². The van der Waals surface area contributed by atoms with Gasteiger partial charge in [0.15, 0.2) is 5.75 Å². The van der Waals surface area contributed by atoms with Gasteiger partial charge in [-0.15, -0.1) is 0 Å². The number of nitro benzene ring substituents is 1. The summed E-state index contributed by atoms with van der Waals surface area (Å²) in [5.41, 5.74) is 5.82. The summed E-state index contributed by atoms with van der Waals surface area (Å²) in [5.74, 6) is 0.324. The molecule has 0 atom stereocenters. The van der Waals surface area contributed by atoms with Gasteiger partial charge in [-0.3, -0.25) is 10.1 Å². The number of ether oxygens (including phenoxy) is 1. The van der Waals surface area contributed by atoms with Crippen molar-refractivity contribution in [2.24, 2.45) is 16.3 Å². The fourth-order valence-corrected chi connectivity index (χ4v) is 1.57. The second kappa shape index (κ2) is 6.23. The Kier molecular flexibility index (Phi) is 4.90. The molecule has 0 heterocycles. The van der Waals surface area contributed by atoms with Crippen molar-refractivity contribution in [2.45, 2.75) is 27.2 Å². The highest BCUT2D eigenvalue weighted by Crippen LogP contribution is 2.29. The predicted molar refractivity (Wildman–Crippen MR) is 75.1 cm³/mol. The molecule has 7 nitrogen and oxygen atoms in total. The third-order valence-electron chi connectivity index (χ3n) is 3.10. The molecule has 7 heteroatoms. The maximum atomic E-state index is 10.9. The molecule has 0 amide bonds. The highest BCUT2D eigenvalue weighted by molar-refractivity contribution is 5.85. The van der Waals surface area contributed by atoms with Gasteiger partial charge in [-0.2, -0.15) is 0 Å². The number of oxime groups is 1. The number of hydrogen-bond donors (Lipinski definition) is 2. The summed E-state index contributed by atoms with van der Waals surface area (Å²) in [6.07, 6.45) is 0.466. The van der Waals surface area contributed by atoms with Gasteiger partial charge in [-0.1, -0.05) is 25.1 Å². The Balaban J connectivity index is 2.76. The number of rotatable bonds is 6. The Labute approximate surface area is 117 Å². The fourth-order valence-electron chi connectivity index (χ4n) is 1.57. The third-order valence-corrected chi connectivity index (χ3v) is 3.10. The second-order valence-corrected chi connectivity index (χ2v) is 5.20. The number of benzene rings is 1. The summed E-state index contributed by atoms with van der Waals surface area (Å²) >= 11 is 0. The van der Waals surface area contributed by atoms with E-state index in [0.717, 1.165) is 5.56 Å². The Morgan fingerprint density at radius 2 is 2.20 bits per heavy atom. The minimum absolute atomic E-state index is 0.0720. The number of amidine groups is 1. The largest absolute Gasteiger partial charge is 0.487 e. The first-order valence-corrected chi connectivity index (χ1v) is 6.14. The van der Waals surface area contributed by atoms with Gasteiger partial charge in [-0.25, -0.2) is 0 Å². The quantitative estimate of drug-likeness (QED) is 0.273. The zero-order chi connectivity index (χ0) is 15.3. The topological polar surface area (TPSA) is 111 Å². The van der Waals surface area contributed by atoms with Crippen LogP contribution in [0.5, 0.6) is 5.75 Å². The minimum atomic E-state index is -0.548. The number of nitrogens with two attached hydrogens (primary N) is 1. The van der Waals surface area contributed by atoms with Crippen LogP contribution in [0.25, 0.3) is 0 Å². The van der Waals surface area contributed by atoms with Crippen LogP contribution >= 0.6 is 0 Å². The highest BCUT2D eigenvalue weighted by atomic mass is 16.6. The Morgan fingerprint density at radius 3 is 2.75 bits per heavy atom. The van der Waals surface area contributed by atoms with E-state index < -0.39 is 10.3 Å². The summed E-state index contributed by atoms with van der Waals surface area (Å²) in [7, 11) is 0. The molecule has 0 unspecified atom stereocenters. The molecule has 1 aromatic rings. The van der Waals surface area contributed by atoms with Crippen LogP contribution in [0.3, 0.4) is 0 Å². The van der Waals surface area contributed by atoms with Crippen molar-refractivity contribution in [2.75, 3.05) is 6.61 Å². The molecular weight excluding hydrogens is 262 g/mol. The van der Waals surface area contributed by atoms with E-state index in [2.05, 4.69) is 5.16 Å². The second-order valence-electron chi connectivity index (χ2n) is 5.20. The Morgan fingerprint density at radius 1 is 1.55 bits per heavy atom. The Bertz CT molecular complexity index is 526. The molecule has 20 heavy (non-hydrogen) atoms. The lowest BCUT2D eigenvalue weighted by Gasteiger charge is -2.22. The lowest BCUT2D eigenvalue weighted by atomic mass is 9.88. The molecule has 0 aliphatic carbocycles. The van der Waals surface area contributed by atoms with Gasteiger partial charge in [0.1, 0.15) is 5.84 Å². The molecule has 0 aliphatic rings. The first-order chi connectivity index (χ1) is 9.27. The van der Waals surface area contributed by atoms with E-state index in [1.807, 2.05) is 6.92 Å². The Hall–Kier alpha value is -2.31. The van der Waals surface area contributed by atoms with E-state index in [-0.39, 0.29) is 23.9 Å². The van der Waals surface area contributed by atoms with Gasteiger partial charge in [0.2, 0.25) is 0 Å². The summed E-state index contributed by atoms with van der Waals surface area (Å²) in [4.78, 5) is 10.4. The number of hydrogen-bond acceptors (Lipinski definition) is 5. The van der Waals surface area contributed by atoms with E-state index in [9.17, 15) is 10.1 Å². The molecule has 0 saturated heterocycles. The normalized spacial score (nSPS) is 12.2. The highest BCUT2D eigenvalue weighted by Gasteiger charge is 2.24. The van der Waals surface area contributed by atoms with Crippen LogP contribution in [0, 0.1) is 22.5 Å². The maximum absolute atomic E-state index is 10.9. The SMILES string of the molecule is Cc1ccc([N+](=O)[O-])c(OCCC(C)(C)C(N)=NO)c1. The summed E-state index contributed by atoms with van der Waals surface area (Å²) in [6, 6.07) is 4.69. The minimum Gasteiger partial charge on any atom is -0.487 e. The van der Waals surface area contributed by atoms with E-state index in [4.69, 9.17) is 15.7 Å². The maximum Gasteiger partial charge on any atom is 0.310 e. The van der Waals surface area contributed by atoms with Gasteiger partial charge in [0.05, 0.1) is 11.5 Å². The van der Waals surface area contributed by atoms with Crippen LogP contribution in [0.15, 0.2) is 23.4 Å². The monoisotopic (exact) mass is 281 g/mol. The van der Waals surface area contributed by atoms with Crippen molar-refractivity contribution in [3.05, 3.63) is 33.9 Å². The zero-order valence-corrected chi connectivity index (χ0v) is 11.8. The van der Waals surface area contributed by atoms with Gasteiger partial charge < -0.3 is 15.7 Å². The molecule has 1 aromatic carbocycles. The van der Waals surface area contributed by atoms with Gasteiger partial charge in [0, 0.05) is 11.5 Å². The molecule has 0 saturated carbocycles. The molecule has 0 aromatic heterocycles. The zero-order valence-electron chi connectivity index (χ0n) is 11.8. The van der Waals surface area contributed by atoms with E-state index >= 15 is 0 Å². The van der Waals surface area contributed by atoms with Crippen molar-refractivity contribution < 1.29 is 14.9 Å². The molecular formula is C13H19N3O4. The molecule has 0 bridgehead atoms. The lowest BCUT2D eigenvalue weighted by molar-refractivity contribution is -0.385. The van der Waals surface area contributed by atoms with Crippen LogP contribution in [0.1, 0.15) is 25.8 Å². The number of nitrogens with zero attached hydrogens (tertiary/aromatic N) is 2. The molecule has 0 fully saturated rings. The van der Waals surface area contributed by atoms with Crippen LogP contribution in [-0.4, -0.2) is 22.6 Å². The molecule has 0 radical (unpaired) electrons. The van der Waals surface area contributed by atoms with Crippen LogP contribution in [0.4, 0.5) is 5.69 Å². The van der Waals surface area contributed by atoms with Gasteiger partial charge in [0.25, 0.3) is 0 Å². The first kappa shape index (κ1) is 15.7. The number of nitro groups is 1. The van der Waals surface area contributed by atoms with Crippen molar-refractivity contribution in [1.82, 2.24) is 0 Å². The molecule has 0 aliphatic heterocycles. The standard InChI is InChI=1S/C13H19N3O4/c1-9-4-5-10(16(18)19)11(8-9)20-7-6-13(2,3)12(14)15-17/h4-5,8,17H,6-7H2,1-3H3,(H2,14,15). The molecule has 1 rings (SSSR count). The predicted octanol–water partition coefficient (Wildman–Crippen LogP) is 2.44. The van der Waals surface area contributed by atoms with Gasteiger partial charge >= 0.3 is 5.69 Å². The molecule has 0 spiro atoms. The third kappa shape index (κ3) is 3.84. The average molecular weight is 281 g/mol. The number of aryl methyl sites for hydroxylation is 1. The lowest BCUT2D eigenvalue weighted by Crippen LogP contribution is -2.33. The molecule has 3 N–H and O–H groups in total. The van der Waals surface area contributed by atoms with Crippen molar-refractivity contribution in [1.29, 1.82) is 0 Å². The summed E-state index contributed by atoms with van der Waals surface area (Å²) in [6.45, 7) is 5.66. The van der Waals surface area contributed by atoms with Gasteiger partial charge in [-0.05, 0) is 25.0 Å². The fraction of sp³-hybridized carbons (Fsp3) is 0.462. The summed E-state index contributed by atoms with van der Waals surface area (Å²) in [5, 5.41) is 22.6. The van der Waals surface area contributed by atoms with Crippen LogP contribution in [-0.2, 0) is 0 Å². The summed E-state index contributed by atoms with van der Waals surface area (Å²) < 4.78 is 5.48. The smallest absolute Gasteiger partial charge is 0.310 e. The van der Waals surface area contributed by atoms with Crippen LogP contribution < -0.4 is 10.5 Å². The first-order valence-electron chi connectivity index (χ1n) is 6.14. The van der Waals surface area contributed by atoms with Crippen molar-refractivity contribution in [3.63, 3.8) is 0 Å². The average Bonchev–Trinajstić information content (AvgIpc) is 2.37. The molecule has 110 valence electrons. The van der Waals surface area contributed by atoms with Crippen LogP contribution in [0.2, 0.25) is 0 Å². The van der Waals surface area contributed by atoms with E-state index in [1.165, 1.54) is 6.07 Å². The van der Waals surface area contributed by atoms with Crippen molar-refractivity contribution >= 4 is 11.5 Å². The van der Waals surface area contributed by atoms with Crippen molar-refractivity contribution in [3.8, 4) is 5.75 Å².